The molecule has 0 bridgehead atoms. The number of carbonyl (C=O) groups excluding carboxylic acids is 1. The largest absolute Gasteiger partial charge is 0.348 e. The van der Waals surface area contributed by atoms with Crippen LogP contribution >= 0.6 is 11.3 Å². The molecule has 1 N–H and O–H groups in total. The van der Waals surface area contributed by atoms with E-state index in [0.717, 1.165) is 10.4 Å². The summed E-state index contributed by atoms with van der Waals surface area (Å²) >= 11 is 1.42. The lowest BCUT2D eigenvalue weighted by molar-refractivity contribution is -0.121. The highest BCUT2D eigenvalue weighted by atomic mass is 32.2. The fourth-order valence-electron chi connectivity index (χ4n) is 2.44. The van der Waals surface area contributed by atoms with E-state index in [1.54, 1.807) is 6.92 Å². The van der Waals surface area contributed by atoms with Crippen molar-refractivity contribution < 1.29 is 17.7 Å². The lowest BCUT2D eigenvalue weighted by atomic mass is 10.1. The van der Waals surface area contributed by atoms with Crippen LogP contribution in [0.4, 0.5) is 0 Å². The van der Waals surface area contributed by atoms with Crippen LogP contribution in [-0.4, -0.2) is 29.7 Å². The average molecular weight is 406 g/mol. The highest BCUT2D eigenvalue weighted by Crippen LogP contribution is 2.22. The van der Waals surface area contributed by atoms with Crippen LogP contribution in [0.2, 0.25) is 0 Å². The van der Waals surface area contributed by atoms with Gasteiger partial charge < -0.3 is 9.84 Å². The number of hydrogen-bond donors (Lipinski definition) is 1. The number of aromatic nitrogens is 2. The molecule has 1 aromatic carbocycles. The van der Waals surface area contributed by atoms with Crippen LogP contribution in [0.3, 0.4) is 0 Å². The van der Waals surface area contributed by atoms with Crippen LogP contribution < -0.4 is 5.32 Å². The van der Waals surface area contributed by atoms with Gasteiger partial charge >= 0.3 is 0 Å². The predicted molar refractivity (Wildman–Crippen MR) is 103 cm³/mol. The van der Waals surface area contributed by atoms with Gasteiger partial charge in [0, 0.05) is 0 Å². The van der Waals surface area contributed by atoms with Crippen molar-refractivity contribution in [1.82, 2.24) is 15.5 Å². The van der Waals surface area contributed by atoms with Crippen LogP contribution in [0.15, 0.2) is 52.4 Å². The Balaban J connectivity index is 1.66. The zero-order valence-corrected chi connectivity index (χ0v) is 16.5. The van der Waals surface area contributed by atoms with Crippen LogP contribution in [0, 0.1) is 0 Å². The van der Waals surface area contributed by atoms with E-state index in [0.29, 0.717) is 5.82 Å². The SMILES string of the molecule is C[C@H](C(=O)N[C@H](C)c1ccccc1)S(=O)(=O)Cc1nc(-c2cccs2)no1. The maximum absolute atomic E-state index is 12.6. The molecule has 3 rings (SSSR count). The van der Waals surface area contributed by atoms with Gasteiger partial charge in [0.2, 0.25) is 17.6 Å². The summed E-state index contributed by atoms with van der Waals surface area (Å²) in [5, 5.41) is 7.15. The van der Waals surface area contributed by atoms with Crippen LogP contribution in [0.25, 0.3) is 10.7 Å². The molecule has 142 valence electrons. The summed E-state index contributed by atoms with van der Waals surface area (Å²) in [5.41, 5.74) is 0.896. The van der Waals surface area contributed by atoms with Crippen molar-refractivity contribution >= 4 is 27.1 Å². The summed E-state index contributed by atoms with van der Waals surface area (Å²) in [6.07, 6.45) is 0. The standard InChI is InChI=1S/C18H19N3O4S2/c1-12(14-7-4-3-5-8-14)19-18(22)13(2)27(23,24)11-16-20-17(21-25-16)15-9-6-10-26-15/h3-10,12-13H,11H2,1-2H3,(H,19,22)/t12-,13-/m1/s1. The molecule has 0 saturated heterocycles. The van der Waals surface area contributed by atoms with E-state index in [9.17, 15) is 13.2 Å². The van der Waals surface area contributed by atoms with Crippen molar-refractivity contribution in [2.24, 2.45) is 0 Å². The minimum absolute atomic E-state index is 0.0332. The molecule has 3 aromatic rings. The van der Waals surface area contributed by atoms with E-state index in [-0.39, 0.29) is 11.9 Å². The van der Waals surface area contributed by atoms with Crippen LogP contribution in [0.5, 0.6) is 0 Å². The van der Waals surface area contributed by atoms with Crippen molar-refractivity contribution in [3.8, 4) is 10.7 Å². The van der Waals surface area contributed by atoms with Gasteiger partial charge in [-0.2, -0.15) is 4.98 Å². The average Bonchev–Trinajstić information content (AvgIpc) is 3.33. The number of nitrogens with one attached hydrogen (secondary N) is 1. The highest BCUT2D eigenvalue weighted by molar-refractivity contribution is 7.92. The Morgan fingerprint density at radius 2 is 1.93 bits per heavy atom. The summed E-state index contributed by atoms with van der Waals surface area (Å²) in [5.74, 6) is -0.747. The molecule has 0 saturated carbocycles. The molecule has 7 nitrogen and oxygen atoms in total. The zero-order chi connectivity index (χ0) is 19.4. The van der Waals surface area contributed by atoms with Gasteiger partial charge in [0.05, 0.1) is 10.9 Å². The monoisotopic (exact) mass is 405 g/mol. The van der Waals surface area contributed by atoms with Crippen molar-refractivity contribution in [1.29, 1.82) is 0 Å². The molecule has 0 fully saturated rings. The Morgan fingerprint density at radius 3 is 2.59 bits per heavy atom. The Bertz CT molecular complexity index is 998. The maximum Gasteiger partial charge on any atom is 0.242 e. The Kier molecular flexibility index (Phi) is 5.71. The minimum Gasteiger partial charge on any atom is -0.348 e. The molecule has 9 heteroatoms. The van der Waals surface area contributed by atoms with Gasteiger partial charge in [0.1, 0.15) is 11.0 Å². The first-order chi connectivity index (χ1) is 12.9. The normalized spacial score (nSPS) is 13.9. The topological polar surface area (TPSA) is 102 Å². The van der Waals surface area contributed by atoms with E-state index in [1.165, 1.54) is 18.3 Å². The maximum atomic E-state index is 12.6. The number of amides is 1. The van der Waals surface area contributed by atoms with Gasteiger partial charge in [0.15, 0.2) is 9.84 Å². The highest BCUT2D eigenvalue weighted by Gasteiger charge is 2.31. The van der Waals surface area contributed by atoms with Crippen molar-refractivity contribution in [2.45, 2.75) is 30.9 Å². The fraction of sp³-hybridized carbons (Fsp3) is 0.278. The first-order valence-corrected chi connectivity index (χ1v) is 10.9. The molecule has 0 unspecified atom stereocenters. The van der Waals surface area contributed by atoms with E-state index in [1.807, 2.05) is 47.8 Å². The molecule has 0 radical (unpaired) electrons. The molecule has 1 amide bonds. The van der Waals surface area contributed by atoms with Crippen LogP contribution in [0.1, 0.15) is 31.3 Å². The third kappa shape index (κ3) is 4.61. The smallest absolute Gasteiger partial charge is 0.242 e. The van der Waals surface area contributed by atoms with E-state index >= 15 is 0 Å². The van der Waals surface area contributed by atoms with Gasteiger partial charge in [0.25, 0.3) is 0 Å². The van der Waals surface area contributed by atoms with Crippen LogP contribution in [-0.2, 0) is 20.4 Å². The second-order valence-electron chi connectivity index (χ2n) is 6.08. The summed E-state index contributed by atoms with van der Waals surface area (Å²) in [6.45, 7) is 3.16. The molecule has 27 heavy (non-hydrogen) atoms. The third-order valence-electron chi connectivity index (χ3n) is 4.10. The first kappa shape index (κ1) is 19.2. The van der Waals surface area contributed by atoms with Crippen molar-refractivity contribution in [3.63, 3.8) is 0 Å². The van der Waals surface area contributed by atoms with Gasteiger partial charge in [-0.05, 0) is 30.9 Å². The fourth-order valence-corrected chi connectivity index (χ4v) is 4.19. The molecule has 2 atom stereocenters. The molecular weight excluding hydrogens is 386 g/mol. The van der Waals surface area contributed by atoms with Crippen molar-refractivity contribution in [3.05, 3.63) is 59.3 Å². The number of sulfone groups is 1. The molecule has 0 aliphatic heterocycles. The number of nitrogens with zero attached hydrogens (tertiary/aromatic N) is 2. The summed E-state index contributed by atoms with van der Waals surface area (Å²) < 4.78 is 30.2. The van der Waals surface area contributed by atoms with Gasteiger partial charge in [-0.1, -0.05) is 41.6 Å². The molecule has 0 aliphatic rings. The van der Waals surface area contributed by atoms with Gasteiger partial charge in [-0.3, -0.25) is 4.79 Å². The second kappa shape index (κ2) is 8.01. The van der Waals surface area contributed by atoms with E-state index in [4.69, 9.17) is 4.52 Å². The molecule has 0 aliphatic carbocycles. The number of rotatable bonds is 7. The predicted octanol–water partition coefficient (Wildman–Crippen LogP) is 2.98. The lowest BCUT2D eigenvalue weighted by Gasteiger charge is -2.17. The van der Waals surface area contributed by atoms with Gasteiger partial charge in [-0.15, -0.1) is 11.3 Å². The number of carbonyl (C=O) groups is 1. The summed E-state index contributed by atoms with van der Waals surface area (Å²) in [7, 11) is -3.80. The Hall–Kier alpha value is -2.52. The number of thiophene rings is 1. The second-order valence-corrected chi connectivity index (χ2v) is 9.35. The Labute approximate surface area is 161 Å². The quantitative estimate of drug-likeness (QED) is 0.648. The minimum atomic E-state index is -3.80. The van der Waals surface area contributed by atoms with E-state index in [2.05, 4.69) is 15.5 Å². The molecule has 2 aromatic heterocycles. The van der Waals surface area contributed by atoms with Gasteiger partial charge in [-0.25, -0.2) is 8.42 Å². The molecule has 0 spiro atoms. The summed E-state index contributed by atoms with van der Waals surface area (Å²) in [6, 6.07) is 12.7. The number of benzene rings is 1. The summed E-state index contributed by atoms with van der Waals surface area (Å²) in [4.78, 5) is 17.3. The number of hydrogen-bond acceptors (Lipinski definition) is 7. The Morgan fingerprint density at radius 1 is 1.19 bits per heavy atom. The molecular formula is C18H19N3O4S2. The lowest BCUT2D eigenvalue weighted by Crippen LogP contribution is -2.39. The third-order valence-corrected chi connectivity index (χ3v) is 6.91. The van der Waals surface area contributed by atoms with E-state index < -0.39 is 26.7 Å². The van der Waals surface area contributed by atoms with Crippen molar-refractivity contribution in [2.75, 3.05) is 0 Å². The first-order valence-electron chi connectivity index (χ1n) is 8.30. The zero-order valence-electron chi connectivity index (χ0n) is 14.8. The molecule has 2 heterocycles.